The maximum atomic E-state index is 10.4. The van der Waals surface area contributed by atoms with Crippen LogP contribution in [0.15, 0.2) is 0 Å². The molecule has 0 aromatic carbocycles. The molecule has 2 rings (SSSR count). The smallest absolute Gasteiger partial charge is 0.217 e. The third-order valence-corrected chi connectivity index (χ3v) is 4.06. The number of rotatable bonds is 5. The summed E-state index contributed by atoms with van der Waals surface area (Å²) < 4.78 is 7.03. The van der Waals surface area contributed by atoms with Crippen molar-refractivity contribution in [1.29, 1.82) is 0 Å². The van der Waals surface area contributed by atoms with E-state index in [9.17, 15) is 5.11 Å². The molecule has 1 aromatic heterocycles. The number of hydrogen-bond acceptors (Lipinski definition) is 3. The number of aliphatic hydroxyl groups excluding tert-OH is 1. The number of nitrogens with zero attached hydrogens (tertiary/aromatic N) is 2. The minimum Gasteiger partial charge on any atom is -0.481 e. The highest BCUT2D eigenvalue weighted by molar-refractivity contribution is 5.33. The zero-order valence-corrected chi connectivity index (χ0v) is 11.6. The number of hydrogen-bond donors (Lipinski definition) is 1. The standard InChI is InChI=1S/C14H24N2O2/c1-10-13(14(18-3)16(2)15-10)12(17)9-8-11-6-4-5-7-11/h11-12,17H,4-9H2,1-3H3. The fourth-order valence-electron chi connectivity index (χ4n) is 3.12. The summed E-state index contributed by atoms with van der Waals surface area (Å²) in [6.07, 6.45) is 6.85. The topological polar surface area (TPSA) is 47.3 Å². The second-order valence-electron chi connectivity index (χ2n) is 5.38. The summed E-state index contributed by atoms with van der Waals surface area (Å²) in [5.74, 6) is 1.49. The third kappa shape index (κ3) is 2.69. The minimum absolute atomic E-state index is 0.450. The van der Waals surface area contributed by atoms with Gasteiger partial charge in [-0.3, -0.25) is 0 Å². The molecule has 1 heterocycles. The fraction of sp³-hybridized carbons (Fsp3) is 0.786. The zero-order chi connectivity index (χ0) is 13.1. The van der Waals surface area contributed by atoms with Gasteiger partial charge in [0, 0.05) is 7.05 Å². The Morgan fingerprint density at radius 1 is 1.44 bits per heavy atom. The monoisotopic (exact) mass is 252 g/mol. The summed E-state index contributed by atoms with van der Waals surface area (Å²) >= 11 is 0. The number of methoxy groups -OCH3 is 1. The normalized spacial score (nSPS) is 18.2. The Bertz CT molecular complexity index is 395. The van der Waals surface area contributed by atoms with E-state index < -0.39 is 6.10 Å². The Balaban J connectivity index is 2.01. The van der Waals surface area contributed by atoms with Crippen molar-refractivity contribution in [2.24, 2.45) is 13.0 Å². The van der Waals surface area contributed by atoms with Crippen LogP contribution in [0.1, 0.15) is 55.9 Å². The molecule has 1 aliphatic carbocycles. The van der Waals surface area contributed by atoms with Crippen molar-refractivity contribution in [3.8, 4) is 5.88 Å². The van der Waals surface area contributed by atoms with E-state index in [1.807, 2.05) is 14.0 Å². The Labute approximate surface area is 109 Å². The number of aliphatic hydroxyl groups is 1. The highest BCUT2D eigenvalue weighted by Crippen LogP contribution is 2.34. The summed E-state index contributed by atoms with van der Waals surface area (Å²) in [5, 5.41) is 14.7. The van der Waals surface area contributed by atoms with E-state index in [2.05, 4.69) is 5.10 Å². The van der Waals surface area contributed by atoms with E-state index in [-0.39, 0.29) is 0 Å². The lowest BCUT2D eigenvalue weighted by atomic mass is 9.96. The summed E-state index contributed by atoms with van der Waals surface area (Å²) in [5.41, 5.74) is 1.73. The van der Waals surface area contributed by atoms with Crippen molar-refractivity contribution in [2.75, 3.05) is 7.11 Å². The van der Waals surface area contributed by atoms with Crippen LogP contribution >= 0.6 is 0 Å². The van der Waals surface area contributed by atoms with Gasteiger partial charge in [-0.15, -0.1) is 0 Å². The second kappa shape index (κ2) is 5.74. The summed E-state index contributed by atoms with van der Waals surface area (Å²) in [6, 6.07) is 0. The lowest BCUT2D eigenvalue weighted by Gasteiger charge is -2.14. The summed E-state index contributed by atoms with van der Waals surface area (Å²) in [6.45, 7) is 1.93. The van der Waals surface area contributed by atoms with Crippen molar-refractivity contribution in [3.05, 3.63) is 11.3 Å². The number of aryl methyl sites for hydroxylation is 2. The van der Waals surface area contributed by atoms with Gasteiger partial charge >= 0.3 is 0 Å². The average Bonchev–Trinajstić information content (AvgIpc) is 2.93. The molecule has 1 N–H and O–H groups in total. The minimum atomic E-state index is -0.450. The van der Waals surface area contributed by atoms with Crippen LogP contribution in [0.4, 0.5) is 0 Å². The number of ether oxygens (including phenoxy) is 1. The van der Waals surface area contributed by atoms with E-state index in [1.54, 1.807) is 11.8 Å². The molecule has 1 saturated carbocycles. The molecule has 18 heavy (non-hydrogen) atoms. The van der Waals surface area contributed by atoms with E-state index in [1.165, 1.54) is 25.7 Å². The van der Waals surface area contributed by atoms with Crippen LogP contribution in [0.3, 0.4) is 0 Å². The molecule has 1 atom stereocenters. The number of aromatic nitrogens is 2. The third-order valence-electron chi connectivity index (χ3n) is 4.06. The Morgan fingerprint density at radius 2 is 2.11 bits per heavy atom. The second-order valence-corrected chi connectivity index (χ2v) is 5.38. The predicted octanol–water partition coefficient (Wildman–Crippen LogP) is 2.74. The van der Waals surface area contributed by atoms with Crippen molar-refractivity contribution < 1.29 is 9.84 Å². The van der Waals surface area contributed by atoms with E-state index in [4.69, 9.17) is 4.74 Å². The van der Waals surface area contributed by atoms with Crippen molar-refractivity contribution >= 4 is 0 Å². The molecule has 4 heteroatoms. The molecule has 0 aliphatic heterocycles. The van der Waals surface area contributed by atoms with E-state index in [0.717, 1.165) is 30.0 Å². The first-order valence-corrected chi connectivity index (χ1v) is 6.89. The molecule has 4 nitrogen and oxygen atoms in total. The Hall–Kier alpha value is -1.03. The molecule has 1 unspecified atom stereocenters. The van der Waals surface area contributed by atoms with Gasteiger partial charge in [0.05, 0.1) is 24.5 Å². The molecule has 102 valence electrons. The van der Waals surface area contributed by atoms with Crippen LogP contribution < -0.4 is 4.74 Å². The van der Waals surface area contributed by atoms with Gasteiger partial charge in [-0.05, 0) is 25.7 Å². The molecule has 1 aliphatic rings. The Kier molecular flexibility index (Phi) is 4.27. The fourth-order valence-corrected chi connectivity index (χ4v) is 3.12. The summed E-state index contributed by atoms with van der Waals surface area (Å²) in [7, 11) is 3.47. The van der Waals surface area contributed by atoms with E-state index in [0.29, 0.717) is 5.88 Å². The van der Waals surface area contributed by atoms with Gasteiger partial charge in [0.15, 0.2) is 0 Å². The molecule has 0 saturated heterocycles. The molecular weight excluding hydrogens is 228 g/mol. The molecule has 1 fully saturated rings. The van der Waals surface area contributed by atoms with Gasteiger partial charge in [-0.2, -0.15) is 5.10 Å². The molecule has 0 amide bonds. The van der Waals surface area contributed by atoms with E-state index >= 15 is 0 Å². The van der Waals surface area contributed by atoms with Gasteiger partial charge in [-0.1, -0.05) is 25.7 Å². The van der Waals surface area contributed by atoms with Crippen LogP contribution in [-0.4, -0.2) is 22.0 Å². The van der Waals surface area contributed by atoms with Crippen LogP contribution in [0.5, 0.6) is 5.88 Å². The first kappa shape index (κ1) is 13.4. The zero-order valence-electron chi connectivity index (χ0n) is 11.6. The van der Waals surface area contributed by atoms with Crippen molar-refractivity contribution in [2.45, 2.75) is 51.6 Å². The van der Waals surface area contributed by atoms with Gasteiger partial charge in [-0.25, -0.2) is 4.68 Å². The van der Waals surface area contributed by atoms with Crippen LogP contribution in [0.2, 0.25) is 0 Å². The SMILES string of the molecule is COc1c(C(O)CCC2CCCC2)c(C)nn1C. The molecule has 0 spiro atoms. The van der Waals surface area contributed by atoms with Crippen molar-refractivity contribution in [1.82, 2.24) is 9.78 Å². The van der Waals surface area contributed by atoms with Gasteiger partial charge in [0.25, 0.3) is 0 Å². The van der Waals surface area contributed by atoms with Crippen LogP contribution in [0.25, 0.3) is 0 Å². The lowest BCUT2D eigenvalue weighted by Crippen LogP contribution is -2.04. The van der Waals surface area contributed by atoms with Gasteiger partial charge in [0.1, 0.15) is 0 Å². The quantitative estimate of drug-likeness (QED) is 0.876. The lowest BCUT2D eigenvalue weighted by molar-refractivity contribution is 0.152. The van der Waals surface area contributed by atoms with Gasteiger partial charge in [0.2, 0.25) is 5.88 Å². The highest BCUT2D eigenvalue weighted by atomic mass is 16.5. The maximum absolute atomic E-state index is 10.4. The first-order chi connectivity index (χ1) is 8.63. The Morgan fingerprint density at radius 3 is 2.72 bits per heavy atom. The predicted molar refractivity (Wildman–Crippen MR) is 70.6 cm³/mol. The maximum Gasteiger partial charge on any atom is 0.217 e. The van der Waals surface area contributed by atoms with Gasteiger partial charge < -0.3 is 9.84 Å². The molecule has 1 aromatic rings. The van der Waals surface area contributed by atoms with Crippen LogP contribution in [0, 0.1) is 12.8 Å². The highest BCUT2D eigenvalue weighted by Gasteiger charge is 2.23. The van der Waals surface area contributed by atoms with Crippen LogP contribution in [-0.2, 0) is 7.05 Å². The molecule has 0 radical (unpaired) electrons. The van der Waals surface area contributed by atoms with Crippen molar-refractivity contribution in [3.63, 3.8) is 0 Å². The first-order valence-electron chi connectivity index (χ1n) is 6.89. The largest absolute Gasteiger partial charge is 0.481 e. The molecular formula is C14H24N2O2. The summed E-state index contributed by atoms with van der Waals surface area (Å²) in [4.78, 5) is 0. The molecule has 0 bridgehead atoms. The average molecular weight is 252 g/mol.